The van der Waals surface area contributed by atoms with Crippen LogP contribution in [-0.4, -0.2) is 16.4 Å². The molecular formula is C16H19FN4O. The Kier molecular flexibility index (Phi) is 4.03. The fourth-order valence-corrected chi connectivity index (χ4v) is 1.96. The van der Waals surface area contributed by atoms with Gasteiger partial charge >= 0.3 is 0 Å². The van der Waals surface area contributed by atoms with Gasteiger partial charge in [0.25, 0.3) is 5.91 Å². The summed E-state index contributed by atoms with van der Waals surface area (Å²) in [7, 11) is 0. The summed E-state index contributed by atoms with van der Waals surface area (Å²) in [6.07, 6.45) is 0. The van der Waals surface area contributed by atoms with Gasteiger partial charge in [-0.05, 0) is 45.0 Å². The summed E-state index contributed by atoms with van der Waals surface area (Å²) in [5.41, 5.74) is 12.3. The van der Waals surface area contributed by atoms with E-state index in [-0.39, 0.29) is 11.1 Å². The van der Waals surface area contributed by atoms with Crippen LogP contribution in [0.15, 0.2) is 30.3 Å². The van der Waals surface area contributed by atoms with E-state index in [1.165, 1.54) is 12.1 Å². The summed E-state index contributed by atoms with van der Waals surface area (Å²) in [4.78, 5) is 15.5. The van der Waals surface area contributed by atoms with Gasteiger partial charge < -0.3 is 16.8 Å². The van der Waals surface area contributed by atoms with Gasteiger partial charge in [0, 0.05) is 11.1 Å². The van der Waals surface area contributed by atoms with Gasteiger partial charge in [-0.15, -0.1) is 0 Å². The standard InChI is InChI=1S/C16H19FN4O/c1-16(2,3)21-15-12(18)6-7-13(20-15)9-4-5-10(14(19)22)11(17)8-9/h4-8H,18H2,1-3H3,(H2,19,22)(H,20,21). The third-order valence-corrected chi connectivity index (χ3v) is 2.95. The Morgan fingerprint density at radius 3 is 2.45 bits per heavy atom. The van der Waals surface area contributed by atoms with Crippen LogP contribution in [0.5, 0.6) is 0 Å². The fourth-order valence-electron chi connectivity index (χ4n) is 1.96. The quantitative estimate of drug-likeness (QED) is 0.812. The highest BCUT2D eigenvalue weighted by atomic mass is 19.1. The lowest BCUT2D eigenvalue weighted by Gasteiger charge is -2.22. The normalized spacial score (nSPS) is 11.3. The largest absolute Gasteiger partial charge is 0.396 e. The molecule has 116 valence electrons. The zero-order valence-electron chi connectivity index (χ0n) is 12.8. The molecule has 22 heavy (non-hydrogen) atoms. The molecule has 0 fully saturated rings. The van der Waals surface area contributed by atoms with Crippen LogP contribution in [0, 0.1) is 5.82 Å². The summed E-state index contributed by atoms with van der Waals surface area (Å²) in [5.74, 6) is -0.942. The number of hydrogen-bond donors (Lipinski definition) is 3. The minimum atomic E-state index is -0.801. The van der Waals surface area contributed by atoms with Crippen molar-refractivity contribution in [3.63, 3.8) is 0 Å². The van der Waals surface area contributed by atoms with Crippen molar-refractivity contribution in [1.29, 1.82) is 0 Å². The number of nitrogens with zero attached hydrogens (tertiary/aromatic N) is 1. The summed E-state index contributed by atoms with van der Waals surface area (Å²) >= 11 is 0. The van der Waals surface area contributed by atoms with Gasteiger partial charge in [-0.3, -0.25) is 4.79 Å². The Morgan fingerprint density at radius 2 is 1.91 bits per heavy atom. The van der Waals surface area contributed by atoms with Crippen LogP contribution >= 0.6 is 0 Å². The number of benzene rings is 1. The Bertz CT molecular complexity index is 723. The van der Waals surface area contributed by atoms with Gasteiger partial charge in [-0.1, -0.05) is 6.07 Å². The van der Waals surface area contributed by atoms with Gasteiger partial charge in [0.05, 0.1) is 16.9 Å². The zero-order chi connectivity index (χ0) is 16.5. The monoisotopic (exact) mass is 302 g/mol. The topological polar surface area (TPSA) is 94.0 Å². The predicted molar refractivity (Wildman–Crippen MR) is 85.9 cm³/mol. The Hall–Kier alpha value is -2.63. The number of nitrogens with one attached hydrogen (secondary N) is 1. The number of primary amides is 1. The molecule has 0 unspecified atom stereocenters. The minimum Gasteiger partial charge on any atom is -0.396 e. The average molecular weight is 302 g/mol. The van der Waals surface area contributed by atoms with Gasteiger partial charge in [0.2, 0.25) is 0 Å². The van der Waals surface area contributed by atoms with Crippen molar-refractivity contribution >= 4 is 17.4 Å². The number of nitrogens with two attached hydrogens (primary N) is 2. The number of carbonyl (C=O) groups excluding carboxylic acids is 1. The number of carbonyl (C=O) groups is 1. The molecule has 0 saturated heterocycles. The van der Waals surface area contributed by atoms with Gasteiger partial charge in [0.1, 0.15) is 11.6 Å². The molecule has 0 saturated carbocycles. The zero-order valence-corrected chi connectivity index (χ0v) is 12.8. The maximum absolute atomic E-state index is 13.9. The second-order valence-corrected chi connectivity index (χ2v) is 6.07. The van der Waals surface area contributed by atoms with E-state index in [0.717, 1.165) is 0 Å². The minimum absolute atomic E-state index is 0.146. The third kappa shape index (κ3) is 3.52. The van der Waals surface area contributed by atoms with Crippen LogP contribution in [0.2, 0.25) is 0 Å². The van der Waals surface area contributed by atoms with Crippen LogP contribution in [0.3, 0.4) is 0 Å². The van der Waals surface area contributed by atoms with E-state index in [0.29, 0.717) is 22.8 Å². The Morgan fingerprint density at radius 1 is 1.23 bits per heavy atom. The molecule has 6 heteroatoms. The van der Waals surface area contributed by atoms with Crippen molar-refractivity contribution in [1.82, 2.24) is 4.98 Å². The van der Waals surface area contributed by atoms with Gasteiger partial charge in [-0.2, -0.15) is 0 Å². The number of rotatable bonds is 3. The second-order valence-electron chi connectivity index (χ2n) is 6.07. The van der Waals surface area contributed by atoms with E-state index in [4.69, 9.17) is 11.5 Å². The summed E-state index contributed by atoms with van der Waals surface area (Å²) in [6, 6.07) is 7.59. The molecule has 5 N–H and O–H groups in total. The number of nitrogen functional groups attached to an aromatic ring is 1. The maximum atomic E-state index is 13.9. The molecule has 2 rings (SSSR count). The molecular weight excluding hydrogens is 283 g/mol. The molecule has 1 heterocycles. The van der Waals surface area contributed by atoms with Crippen LogP contribution in [0.1, 0.15) is 31.1 Å². The van der Waals surface area contributed by atoms with Crippen molar-refractivity contribution in [2.45, 2.75) is 26.3 Å². The summed E-state index contributed by atoms with van der Waals surface area (Å²) < 4.78 is 13.9. The molecule has 0 bridgehead atoms. The number of hydrogen-bond acceptors (Lipinski definition) is 4. The smallest absolute Gasteiger partial charge is 0.251 e. The number of halogens is 1. The molecule has 0 aliphatic heterocycles. The van der Waals surface area contributed by atoms with E-state index >= 15 is 0 Å². The predicted octanol–water partition coefficient (Wildman–Crippen LogP) is 2.78. The van der Waals surface area contributed by atoms with Crippen LogP contribution in [0.25, 0.3) is 11.3 Å². The van der Waals surface area contributed by atoms with Crippen LogP contribution in [-0.2, 0) is 0 Å². The molecule has 0 aliphatic carbocycles. The van der Waals surface area contributed by atoms with Crippen molar-refractivity contribution in [3.8, 4) is 11.3 Å². The molecule has 0 atom stereocenters. The highest BCUT2D eigenvalue weighted by Gasteiger charge is 2.15. The highest BCUT2D eigenvalue weighted by Crippen LogP contribution is 2.26. The van der Waals surface area contributed by atoms with Crippen molar-refractivity contribution in [2.75, 3.05) is 11.1 Å². The first-order chi connectivity index (χ1) is 10.2. The molecule has 0 radical (unpaired) electrons. The SMILES string of the molecule is CC(C)(C)Nc1nc(-c2ccc(C(N)=O)c(F)c2)ccc1N. The lowest BCUT2D eigenvalue weighted by Crippen LogP contribution is -2.27. The third-order valence-electron chi connectivity index (χ3n) is 2.95. The Labute approximate surface area is 128 Å². The van der Waals surface area contributed by atoms with E-state index in [2.05, 4.69) is 10.3 Å². The number of pyridine rings is 1. The molecule has 0 aliphatic rings. The van der Waals surface area contributed by atoms with Crippen molar-refractivity contribution in [2.24, 2.45) is 5.73 Å². The highest BCUT2D eigenvalue weighted by molar-refractivity contribution is 5.93. The van der Waals surface area contributed by atoms with Gasteiger partial charge in [-0.25, -0.2) is 9.37 Å². The first kappa shape index (κ1) is 15.8. The number of amides is 1. The molecule has 1 aromatic carbocycles. The molecule has 1 amide bonds. The first-order valence-corrected chi connectivity index (χ1v) is 6.82. The summed E-state index contributed by atoms with van der Waals surface area (Å²) in [6.45, 7) is 5.96. The Balaban J connectivity index is 2.43. The van der Waals surface area contributed by atoms with E-state index in [1.54, 1.807) is 18.2 Å². The lowest BCUT2D eigenvalue weighted by molar-refractivity contribution is 0.0996. The maximum Gasteiger partial charge on any atom is 0.251 e. The number of anilines is 2. The fraction of sp³-hybridized carbons (Fsp3) is 0.250. The average Bonchev–Trinajstić information content (AvgIpc) is 2.39. The van der Waals surface area contributed by atoms with E-state index in [9.17, 15) is 9.18 Å². The molecule has 0 spiro atoms. The second kappa shape index (κ2) is 5.63. The summed E-state index contributed by atoms with van der Waals surface area (Å²) in [5, 5.41) is 3.20. The molecule has 5 nitrogen and oxygen atoms in total. The van der Waals surface area contributed by atoms with E-state index < -0.39 is 11.7 Å². The first-order valence-electron chi connectivity index (χ1n) is 6.82. The molecule has 2 aromatic rings. The number of aromatic nitrogens is 1. The van der Waals surface area contributed by atoms with Crippen LogP contribution in [0.4, 0.5) is 15.9 Å². The molecule has 1 aromatic heterocycles. The van der Waals surface area contributed by atoms with E-state index in [1.807, 2.05) is 20.8 Å². The van der Waals surface area contributed by atoms with Crippen molar-refractivity contribution in [3.05, 3.63) is 41.7 Å². The van der Waals surface area contributed by atoms with Gasteiger partial charge in [0.15, 0.2) is 0 Å². The lowest BCUT2D eigenvalue weighted by atomic mass is 10.1. The van der Waals surface area contributed by atoms with Crippen LogP contribution < -0.4 is 16.8 Å². The van der Waals surface area contributed by atoms with Crippen molar-refractivity contribution < 1.29 is 9.18 Å².